The average Bonchev–Trinajstić information content (AvgIpc) is 2.47. The third-order valence-electron chi connectivity index (χ3n) is 3.80. The summed E-state index contributed by atoms with van der Waals surface area (Å²) in [4.78, 5) is 5.21. The van der Waals surface area contributed by atoms with Crippen molar-refractivity contribution >= 4 is 0 Å². The minimum Gasteiger partial charge on any atom is -0.320 e. The minimum atomic E-state index is 0.712. The molecule has 0 aromatic heterocycles. The average molecular weight is 227 g/mol. The molecule has 2 unspecified atom stereocenters. The van der Waals surface area contributed by atoms with Gasteiger partial charge in [-0.05, 0) is 59.9 Å². The van der Waals surface area contributed by atoms with E-state index < -0.39 is 0 Å². The van der Waals surface area contributed by atoms with Crippen LogP contribution in [0.2, 0.25) is 0 Å². The van der Waals surface area contributed by atoms with E-state index in [9.17, 15) is 0 Å². The Labute approximate surface area is 101 Å². The molecule has 1 aliphatic rings. The first-order chi connectivity index (χ1) is 7.69. The molecule has 1 fully saturated rings. The maximum atomic E-state index is 3.26. The first kappa shape index (κ1) is 13.9. The predicted octanol–water partition coefficient (Wildman–Crippen LogP) is 1.40. The van der Waals surface area contributed by atoms with Gasteiger partial charge in [0.05, 0.1) is 0 Å². The first-order valence-corrected chi connectivity index (χ1v) is 6.78. The number of hydrogen-bond donors (Lipinski definition) is 1. The Balaban J connectivity index is 2.52. The molecular formula is C13H29N3. The molecule has 3 nitrogen and oxygen atoms in total. The summed E-state index contributed by atoms with van der Waals surface area (Å²) in [7, 11) is 4.30. The molecule has 0 aromatic rings. The zero-order valence-electron chi connectivity index (χ0n) is 11.5. The van der Waals surface area contributed by atoms with Gasteiger partial charge in [-0.1, -0.05) is 6.92 Å². The van der Waals surface area contributed by atoms with Gasteiger partial charge in [0, 0.05) is 18.6 Å². The molecule has 1 aliphatic heterocycles. The highest BCUT2D eigenvalue weighted by Crippen LogP contribution is 2.16. The second-order valence-electron chi connectivity index (χ2n) is 5.16. The van der Waals surface area contributed by atoms with Crippen LogP contribution >= 0.6 is 0 Å². The molecule has 1 heterocycles. The molecule has 0 aromatic carbocycles. The van der Waals surface area contributed by atoms with E-state index in [4.69, 9.17) is 0 Å². The van der Waals surface area contributed by atoms with Crippen LogP contribution in [0, 0.1) is 0 Å². The van der Waals surface area contributed by atoms with Gasteiger partial charge < -0.3 is 10.2 Å². The van der Waals surface area contributed by atoms with E-state index in [-0.39, 0.29) is 0 Å². The third-order valence-corrected chi connectivity index (χ3v) is 3.80. The van der Waals surface area contributed by atoms with Crippen molar-refractivity contribution in [3.05, 3.63) is 0 Å². The smallest absolute Gasteiger partial charge is 0.0223 e. The lowest BCUT2D eigenvalue weighted by molar-refractivity contribution is 0.131. The lowest BCUT2D eigenvalue weighted by Crippen LogP contribution is -2.45. The second kappa shape index (κ2) is 7.25. The second-order valence-corrected chi connectivity index (χ2v) is 5.16. The van der Waals surface area contributed by atoms with Crippen LogP contribution in [0.1, 0.15) is 33.1 Å². The molecule has 0 saturated carbocycles. The molecule has 1 rings (SSSR count). The summed E-state index contributed by atoms with van der Waals surface area (Å²) in [6, 6.07) is 1.46. The summed E-state index contributed by atoms with van der Waals surface area (Å²) >= 11 is 0. The van der Waals surface area contributed by atoms with Crippen LogP contribution in [0.4, 0.5) is 0 Å². The van der Waals surface area contributed by atoms with Gasteiger partial charge in [0.1, 0.15) is 0 Å². The van der Waals surface area contributed by atoms with E-state index in [2.05, 4.69) is 36.0 Å². The highest BCUT2D eigenvalue weighted by Gasteiger charge is 2.25. The fourth-order valence-corrected chi connectivity index (χ4v) is 2.72. The van der Waals surface area contributed by atoms with Gasteiger partial charge in [-0.25, -0.2) is 0 Å². The zero-order chi connectivity index (χ0) is 12.0. The van der Waals surface area contributed by atoms with E-state index in [1.807, 2.05) is 7.05 Å². The Bertz CT molecular complexity index is 184. The highest BCUT2D eigenvalue weighted by molar-refractivity contribution is 4.81. The summed E-state index contributed by atoms with van der Waals surface area (Å²) in [5, 5.41) is 3.26. The van der Waals surface area contributed by atoms with Crippen LogP contribution in [0.3, 0.4) is 0 Å². The molecule has 0 amide bonds. The van der Waals surface area contributed by atoms with Crippen molar-refractivity contribution in [2.45, 2.75) is 45.2 Å². The Morgan fingerprint density at radius 3 is 2.75 bits per heavy atom. The molecule has 1 saturated heterocycles. The first-order valence-electron chi connectivity index (χ1n) is 6.78. The van der Waals surface area contributed by atoms with Gasteiger partial charge in [0.15, 0.2) is 0 Å². The Hall–Kier alpha value is -0.120. The Kier molecular flexibility index (Phi) is 6.32. The van der Waals surface area contributed by atoms with Crippen LogP contribution in [0.25, 0.3) is 0 Å². The fourth-order valence-electron chi connectivity index (χ4n) is 2.72. The van der Waals surface area contributed by atoms with Crippen molar-refractivity contribution in [2.75, 3.05) is 40.3 Å². The van der Waals surface area contributed by atoms with Crippen molar-refractivity contribution in [1.82, 2.24) is 15.1 Å². The number of nitrogens with zero attached hydrogens (tertiary/aromatic N) is 2. The summed E-state index contributed by atoms with van der Waals surface area (Å²) < 4.78 is 0. The van der Waals surface area contributed by atoms with Crippen LogP contribution in [0.5, 0.6) is 0 Å². The molecule has 3 heteroatoms. The lowest BCUT2D eigenvalue weighted by Gasteiger charge is -2.35. The van der Waals surface area contributed by atoms with Gasteiger partial charge >= 0.3 is 0 Å². The molecule has 2 atom stereocenters. The molecule has 16 heavy (non-hydrogen) atoms. The normalized spacial score (nSPS) is 26.6. The molecule has 0 spiro atoms. The molecule has 96 valence electrons. The summed E-state index contributed by atoms with van der Waals surface area (Å²) in [6.45, 7) is 9.59. The van der Waals surface area contributed by atoms with Crippen LogP contribution < -0.4 is 5.32 Å². The quantitative estimate of drug-likeness (QED) is 0.766. The SMILES string of the molecule is CCC1CN(C)CCCN1C(C)CCNC. The van der Waals surface area contributed by atoms with Gasteiger partial charge in [0.25, 0.3) is 0 Å². The lowest BCUT2D eigenvalue weighted by atomic mass is 10.1. The summed E-state index contributed by atoms with van der Waals surface area (Å²) in [6.07, 6.45) is 3.85. The van der Waals surface area contributed by atoms with Gasteiger partial charge in [0.2, 0.25) is 0 Å². The largest absolute Gasteiger partial charge is 0.320 e. The standard InChI is InChI=1S/C13H29N3/c1-5-13-11-15(4)9-6-10-16(13)12(2)7-8-14-3/h12-14H,5-11H2,1-4H3. The van der Waals surface area contributed by atoms with Gasteiger partial charge in [-0.3, -0.25) is 4.90 Å². The van der Waals surface area contributed by atoms with Crippen molar-refractivity contribution in [2.24, 2.45) is 0 Å². The molecule has 1 N–H and O–H groups in total. The number of nitrogens with one attached hydrogen (secondary N) is 1. The van der Waals surface area contributed by atoms with E-state index in [0.29, 0.717) is 6.04 Å². The molecule has 0 bridgehead atoms. The fraction of sp³-hybridized carbons (Fsp3) is 1.00. The third kappa shape index (κ3) is 4.04. The zero-order valence-corrected chi connectivity index (χ0v) is 11.5. The molecule has 0 aliphatic carbocycles. The molecule has 0 radical (unpaired) electrons. The number of rotatable bonds is 5. The predicted molar refractivity (Wildman–Crippen MR) is 70.9 cm³/mol. The maximum Gasteiger partial charge on any atom is 0.0223 e. The van der Waals surface area contributed by atoms with Crippen LogP contribution in [-0.4, -0.2) is 62.2 Å². The van der Waals surface area contributed by atoms with E-state index in [1.54, 1.807) is 0 Å². The van der Waals surface area contributed by atoms with Crippen molar-refractivity contribution < 1.29 is 0 Å². The van der Waals surface area contributed by atoms with E-state index in [1.165, 1.54) is 38.9 Å². The van der Waals surface area contributed by atoms with E-state index >= 15 is 0 Å². The van der Waals surface area contributed by atoms with Gasteiger partial charge in [-0.15, -0.1) is 0 Å². The number of hydrogen-bond acceptors (Lipinski definition) is 3. The Morgan fingerprint density at radius 2 is 2.12 bits per heavy atom. The van der Waals surface area contributed by atoms with Crippen molar-refractivity contribution in [1.29, 1.82) is 0 Å². The highest BCUT2D eigenvalue weighted by atomic mass is 15.2. The van der Waals surface area contributed by atoms with Crippen molar-refractivity contribution in [3.63, 3.8) is 0 Å². The monoisotopic (exact) mass is 227 g/mol. The van der Waals surface area contributed by atoms with Gasteiger partial charge in [-0.2, -0.15) is 0 Å². The number of likely N-dealkylation sites (N-methyl/N-ethyl adjacent to an activating group) is 1. The minimum absolute atomic E-state index is 0.712. The maximum absolute atomic E-state index is 3.26. The van der Waals surface area contributed by atoms with Crippen molar-refractivity contribution in [3.8, 4) is 0 Å². The molecular weight excluding hydrogens is 198 g/mol. The van der Waals surface area contributed by atoms with Crippen LogP contribution in [-0.2, 0) is 0 Å². The van der Waals surface area contributed by atoms with Crippen LogP contribution in [0.15, 0.2) is 0 Å². The topological polar surface area (TPSA) is 18.5 Å². The van der Waals surface area contributed by atoms with E-state index in [0.717, 1.165) is 12.6 Å². The Morgan fingerprint density at radius 1 is 1.38 bits per heavy atom. The summed E-state index contributed by atoms with van der Waals surface area (Å²) in [5.74, 6) is 0. The summed E-state index contributed by atoms with van der Waals surface area (Å²) in [5.41, 5.74) is 0.